The van der Waals surface area contributed by atoms with E-state index >= 15 is 0 Å². The van der Waals surface area contributed by atoms with E-state index in [0.29, 0.717) is 18.9 Å². The van der Waals surface area contributed by atoms with Crippen LogP contribution in [0.4, 0.5) is 0 Å². The molecule has 1 unspecified atom stereocenters. The molecular formula is C15H25N3O. The Labute approximate surface area is 115 Å². The average Bonchev–Trinajstić information content (AvgIpc) is 2.75. The maximum Gasteiger partial charge on any atom is 0.220 e. The Balaban J connectivity index is 1.68. The molecule has 0 aliphatic carbocycles. The van der Waals surface area contributed by atoms with Gasteiger partial charge in [-0.2, -0.15) is 0 Å². The summed E-state index contributed by atoms with van der Waals surface area (Å²) in [5.74, 6) is 0.848. The Morgan fingerprint density at radius 2 is 2.37 bits per heavy atom. The first-order valence-electron chi connectivity index (χ1n) is 7.25. The van der Waals surface area contributed by atoms with Crippen LogP contribution in [0.1, 0.15) is 37.1 Å². The SMILES string of the molecule is Cc1ccc(CNC(=O)CCC2CCCNC2)n1C. The Hall–Kier alpha value is -1.29. The molecule has 1 atom stereocenters. The molecule has 0 aromatic carbocycles. The largest absolute Gasteiger partial charge is 0.351 e. The van der Waals surface area contributed by atoms with Gasteiger partial charge in [-0.3, -0.25) is 4.79 Å². The van der Waals surface area contributed by atoms with Gasteiger partial charge in [0.15, 0.2) is 0 Å². The predicted octanol–water partition coefficient (Wildman–Crippen LogP) is 1.73. The van der Waals surface area contributed by atoms with Crippen LogP contribution in [0.5, 0.6) is 0 Å². The van der Waals surface area contributed by atoms with E-state index in [9.17, 15) is 4.79 Å². The highest BCUT2D eigenvalue weighted by molar-refractivity contribution is 5.75. The summed E-state index contributed by atoms with van der Waals surface area (Å²) >= 11 is 0. The van der Waals surface area contributed by atoms with Gasteiger partial charge in [-0.15, -0.1) is 0 Å². The Bertz CT molecular complexity index is 419. The molecule has 106 valence electrons. The average molecular weight is 263 g/mol. The summed E-state index contributed by atoms with van der Waals surface area (Å²) < 4.78 is 2.12. The monoisotopic (exact) mass is 263 g/mol. The van der Waals surface area contributed by atoms with E-state index in [1.807, 2.05) is 7.05 Å². The molecule has 19 heavy (non-hydrogen) atoms. The number of carbonyl (C=O) groups excluding carboxylic acids is 1. The van der Waals surface area contributed by atoms with Crippen LogP contribution in [0.3, 0.4) is 0 Å². The molecule has 1 fully saturated rings. The number of aromatic nitrogens is 1. The fourth-order valence-electron chi connectivity index (χ4n) is 2.63. The van der Waals surface area contributed by atoms with Gasteiger partial charge < -0.3 is 15.2 Å². The third kappa shape index (κ3) is 4.10. The first-order valence-corrected chi connectivity index (χ1v) is 7.25. The molecule has 1 aliphatic heterocycles. The first kappa shape index (κ1) is 14.1. The molecule has 1 aromatic heterocycles. The molecule has 2 rings (SSSR count). The third-order valence-corrected chi connectivity index (χ3v) is 4.12. The standard InChI is InChI=1S/C15H25N3O/c1-12-5-7-14(18(12)2)11-17-15(19)8-6-13-4-3-9-16-10-13/h5,7,13,16H,3-4,6,8-11H2,1-2H3,(H,17,19). The molecule has 1 amide bonds. The van der Waals surface area contributed by atoms with Gasteiger partial charge in [-0.1, -0.05) is 0 Å². The van der Waals surface area contributed by atoms with Crippen molar-refractivity contribution in [2.45, 2.75) is 39.2 Å². The minimum atomic E-state index is 0.171. The number of amides is 1. The lowest BCUT2D eigenvalue weighted by molar-refractivity contribution is -0.121. The van der Waals surface area contributed by atoms with Crippen molar-refractivity contribution in [2.24, 2.45) is 13.0 Å². The fraction of sp³-hybridized carbons (Fsp3) is 0.667. The molecule has 1 saturated heterocycles. The molecule has 4 heteroatoms. The van der Waals surface area contributed by atoms with Crippen LogP contribution in [-0.2, 0) is 18.4 Å². The van der Waals surface area contributed by atoms with E-state index in [1.165, 1.54) is 18.5 Å². The van der Waals surface area contributed by atoms with Crippen LogP contribution >= 0.6 is 0 Å². The highest BCUT2D eigenvalue weighted by Gasteiger charge is 2.14. The normalized spacial score (nSPS) is 19.4. The Morgan fingerprint density at radius 1 is 1.53 bits per heavy atom. The Kier molecular flexibility index (Phi) is 5.02. The van der Waals surface area contributed by atoms with Crippen molar-refractivity contribution in [1.82, 2.24) is 15.2 Å². The second-order valence-corrected chi connectivity index (χ2v) is 5.55. The molecule has 2 heterocycles. The number of nitrogens with one attached hydrogen (secondary N) is 2. The first-order chi connectivity index (χ1) is 9.16. The molecule has 0 spiro atoms. The molecule has 0 radical (unpaired) electrons. The minimum Gasteiger partial charge on any atom is -0.351 e. The maximum absolute atomic E-state index is 11.8. The second kappa shape index (κ2) is 6.75. The zero-order chi connectivity index (χ0) is 13.7. The minimum absolute atomic E-state index is 0.171. The maximum atomic E-state index is 11.8. The van der Waals surface area contributed by atoms with Crippen LogP contribution in [0.2, 0.25) is 0 Å². The van der Waals surface area contributed by atoms with E-state index < -0.39 is 0 Å². The van der Waals surface area contributed by atoms with Gasteiger partial charge >= 0.3 is 0 Å². The molecular weight excluding hydrogens is 238 g/mol. The smallest absolute Gasteiger partial charge is 0.220 e. The highest BCUT2D eigenvalue weighted by Crippen LogP contribution is 2.15. The lowest BCUT2D eigenvalue weighted by atomic mass is 9.94. The molecule has 4 nitrogen and oxygen atoms in total. The number of aryl methyl sites for hydroxylation is 1. The summed E-state index contributed by atoms with van der Waals surface area (Å²) in [6.45, 7) is 4.91. The number of carbonyl (C=O) groups is 1. The number of rotatable bonds is 5. The van der Waals surface area contributed by atoms with Crippen molar-refractivity contribution in [3.63, 3.8) is 0 Å². The van der Waals surface area contributed by atoms with Crippen molar-refractivity contribution in [3.8, 4) is 0 Å². The summed E-state index contributed by atoms with van der Waals surface area (Å²) in [5, 5.41) is 6.40. The van der Waals surface area contributed by atoms with E-state index in [4.69, 9.17) is 0 Å². The van der Waals surface area contributed by atoms with E-state index in [0.717, 1.165) is 25.2 Å². The lowest BCUT2D eigenvalue weighted by Crippen LogP contribution is -2.31. The van der Waals surface area contributed by atoms with Crippen LogP contribution < -0.4 is 10.6 Å². The Morgan fingerprint density at radius 3 is 3.00 bits per heavy atom. The van der Waals surface area contributed by atoms with Crippen LogP contribution in [0.15, 0.2) is 12.1 Å². The van der Waals surface area contributed by atoms with Crippen molar-refractivity contribution < 1.29 is 4.79 Å². The summed E-state index contributed by atoms with van der Waals surface area (Å²) in [5.41, 5.74) is 2.38. The van der Waals surface area contributed by atoms with Gasteiger partial charge in [0.2, 0.25) is 5.91 Å². The molecule has 1 aliphatic rings. The third-order valence-electron chi connectivity index (χ3n) is 4.12. The van der Waals surface area contributed by atoms with Gasteiger partial charge in [-0.05, 0) is 57.3 Å². The summed E-state index contributed by atoms with van der Waals surface area (Å²) in [6, 6.07) is 4.15. The predicted molar refractivity (Wildman–Crippen MR) is 76.8 cm³/mol. The van der Waals surface area contributed by atoms with E-state index in [-0.39, 0.29) is 5.91 Å². The van der Waals surface area contributed by atoms with Crippen LogP contribution in [-0.4, -0.2) is 23.6 Å². The molecule has 0 saturated carbocycles. The van der Waals surface area contributed by atoms with Gasteiger partial charge in [0.25, 0.3) is 0 Å². The molecule has 2 N–H and O–H groups in total. The van der Waals surface area contributed by atoms with Crippen LogP contribution in [0, 0.1) is 12.8 Å². The number of piperidine rings is 1. The van der Waals surface area contributed by atoms with Gasteiger partial charge in [-0.25, -0.2) is 0 Å². The summed E-state index contributed by atoms with van der Waals surface area (Å²) in [6.07, 6.45) is 4.16. The van der Waals surface area contributed by atoms with Crippen LogP contribution in [0.25, 0.3) is 0 Å². The zero-order valence-corrected chi connectivity index (χ0v) is 12.0. The van der Waals surface area contributed by atoms with Crippen molar-refractivity contribution in [1.29, 1.82) is 0 Å². The molecule has 0 bridgehead atoms. The zero-order valence-electron chi connectivity index (χ0n) is 12.0. The highest BCUT2D eigenvalue weighted by atomic mass is 16.1. The van der Waals surface area contributed by atoms with E-state index in [1.54, 1.807) is 0 Å². The van der Waals surface area contributed by atoms with Gasteiger partial charge in [0, 0.05) is 24.9 Å². The topological polar surface area (TPSA) is 46.1 Å². The second-order valence-electron chi connectivity index (χ2n) is 5.55. The van der Waals surface area contributed by atoms with Crippen molar-refractivity contribution in [2.75, 3.05) is 13.1 Å². The lowest BCUT2D eigenvalue weighted by Gasteiger charge is -2.22. The number of nitrogens with zero attached hydrogens (tertiary/aromatic N) is 1. The summed E-state index contributed by atoms with van der Waals surface area (Å²) in [4.78, 5) is 11.8. The quantitative estimate of drug-likeness (QED) is 0.850. The van der Waals surface area contributed by atoms with Gasteiger partial charge in [0.1, 0.15) is 0 Å². The van der Waals surface area contributed by atoms with Crippen molar-refractivity contribution in [3.05, 3.63) is 23.5 Å². The van der Waals surface area contributed by atoms with Gasteiger partial charge in [0.05, 0.1) is 6.54 Å². The number of hydrogen-bond donors (Lipinski definition) is 2. The van der Waals surface area contributed by atoms with Crippen molar-refractivity contribution >= 4 is 5.91 Å². The summed E-state index contributed by atoms with van der Waals surface area (Å²) in [7, 11) is 2.03. The number of hydrogen-bond acceptors (Lipinski definition) is 2. The van der Waals surface area contributed by atoms with E-state index in [2.05, 4.69) is 34.3 Å². The fourth-order valence-corrected chi connectivity index (χ4v) is 2.63. The molecule has 1 aromatic rings.